The lowest BCUT2D eigenvalue weighted by molar-refractivity contribution is -0.146. The molecule has 2 heterocycles. The summed E-state index contributed by atoms with van der Waals surface area (Å²) in [4.78, 5) is 14.0. The SMILES string of the molecule is CC1(C)OC[C@@H]2C[C@H](COCCCl)C(=O)N21. The number of hydrogen-bond donors (Lipinski definition) is 0. The molecule has 2 saturated heterocycles. The minimum Gasteiger partial charge on any atom is -0.379 e. The number of rotatable bonds is 4. The van der Waals surface area contributed by atoms with E-state index < -0.39 is 5.72 Å². The Morgan fingerprint density at radius 3 is 3.00 bits per heavy atom. The first-order valence-corrected chi connectivity index (χ1v) is 6.20. The van der Waals surface area contributed by atoms with E-state index in [1.165, 1.54) is 0 Å². The number of carbonyl (C=O) groups excluding carboxylic acids is 1. The quantitative estimate of drug-likeness (QED) is 0.554. The van der Waals surface area contributed by atoms with Crippen LogP contribution in [0.2, 0.25) is 0 Å². The molecule has 0 bridgehead atoms. The fourth-order valence-electron chi connectivity index (χ4n) is 2.55. The smallest absolute Gasteiger partial charge is 0.230 e. The van der Waals surface area contributed by atoms with Crippen LogP contribution in [0.4, 0.5) is 0 Å². The lowest BCUT2D eigenvalue weighted by atomic mass is 10.1. The molecule has 0 aromatic carbocycles. The molecule has 1 amide bonds. The van der Waals surface area contributed by atoms with E-state index in [1.54, 1.807) is 0 Å². The minimum absolute atomic E-state index is 0.0172. The molecule has 0 aromatic heterocycles. The van der Waals surface area contributed by atoms with E-state index in [4.69, 9.17) is 21.1 Å². The van der Waals surface area contributed by atoms with Crippen LogP contribution in [0.3, 0.4) is 0 Å². The molecule has 2 fully saturated rings. The van der Waals surface area contributed by atoms with E-state index in [-0.39, 0.29) is 17.9 Å². The summed E-state index contributed by atoms with van der Waals surface area (Å²) in [6.45, 7) is 5.51. The van der Waals surface area contributed by atoms with Crippen LogP contribution < -0.4 is 0 Å². The van der Waals surface area contributed by atoms with Gasteiger partial charge in [-0.25, -0.2) is 0 Å². The number of ether oxygens (including phenoxy) is 2. The van der Waals surface area contributed by atoms with Crippen molar-refractivity contribution in [3.05, 3.63) is 0 Å². The molecular formula is C11H18ClNO3. The van der Waals surface area contributed by atoms with Gasteiger partial charge >= 0.3 is 0 Å². The van der Waals surface area contributed by atoms with Crippen LogP contribution in [0.25, 0.3) is 0 Å². The van der Waals surface area contributed by atoms with Gasteiger partial charge in [0.1, 0.15) is 5.72 Å². The van der Waals surface area contributed by atoms with Gasteiger partial charge < -0.3 is 14.4 Å². The van der Waals surface area contributed by atoms with Crippen LogP contribution in [0.15, 0.2) is 0 Å². The van der Waals surface area contributed by atoms with Crippen LogP contribution in [-0.4, -0.2) is 48.3 Å². The average Bonchev–Trinajstić information content (AvgIpc) is 2.68. The highest BCUT2D eigenvalue weighted by Gasteiger charge is 2.51. The standard InChI is InChI=1S/C11H18ClNO3/c1-11(2)13-9(7-16-11)5-8(10(13)14)6-15-4-3-12/h8-9H,3-7H2,1-2H3/t8-,9+/m1/s1. The summed E-state index contributed by atoms with van der Waals surface area (Å²) in [6, 6.07) is 0.229. The molecule has 0 radical (unpaired) electrons. The number of halogens is 1. The molecule has 16 heavy (non-hydrogen) atoms. The molecular weight excluding hydrogens is 230 g/mol. The van der Waals surface area contributed by atoms with E-state index in [1.807, 2.05) is 18.7 Å². The Hall–Kier alpha value is -0.320. The monoisotopic (exact) mass is 247 g/mol. The highest BCUT2D eigenvalue weighted by atomic mass is 35.5. The van der Waals surface area contributed by atoms with Crippen LogP contribution in [-0.2, 0) is 14.3 Å². The zero-order valence-corrected chi connectivity index (χ0v) is 10.5. The number of fused-ring (bicyclic) bond motifs is 1. The van der Waals surface area contributed by atoms with Gasteiger partial charge in [0.25, 0.3) is 0 Å². The summed E-state index contributed by atoms with van der Waals surface area (Å²) < 4.78 is 10.9. The van der Waals surface area contributed by atoms with Gasteiger partial charge in [-0.15, -0.1) is 11.6 Å². The van der Waals surface area contributed by atoms with Crippen molar-refractivity contribution in [2.75, 3.05) is 25.7 Å². The second kappa shape index (κ2) is 4.51. The molecule has 4 nitrogen and oxygen atoms in total. The molecule has 0 unspecified atom stereocenters. The summed E-state index contributed by atoms with van der Waals surface area (Å²) >= 11 is 5.52. The molecule has 2 aliphatic rings. The summed E-state index contributed by atoms with van der Waals surface area (Å²) in [7, 11) is 0. The lowest BCUT2D eigenvalue weighted by Crippen LogP contribution is -2.44. The van der Waals surface area contributed by atoms with Gasteiger partial charge in [-0.1, -0.05) is 0 Å². The Labute approximate surface area is 101 Å². The van der Waals surface area contributed by atoms with Gasteiger partial charge in [-0.3, -0.25) is 4.79 Å². The molecule has 0 aromatic rings. The summed E-state index contributed by atoms with van der Waals surface area (Å²) in [5.74, 6) is 0.612. The Morgan fingerprint density at radius 1 is 1.62 bits per heavy atom. The zero-order valence-electron chi connectivity index (χ0n) is 9.74. The third-order valence-corrected chi connectivity index (χ3v) is 3.41. The maximum Gasteiger partial charge on any atom is 0.230 e. The third kappa shape index (κ3) is 2.06. The van der Waals surface area contributed by atoms with Crippen LogP contribution in [0, 0.1) is 5.92 Å². The normalized spacial score (nSPS) is 32.2. The number of alkyl halides is 1. The van der Waals surface area contributed by atoms with Crippen molar-refractivity contribution in [1.29, 1.82) is 0 Å². The Bertz CT molecular complexity index is 282. The van der Waals surface area contributed by atoms with Gasteiger partial charge in [0, 0.05) is 5.88 Å². The zero-order chi connectivity index (χ0) is 11.8. The average molecular weight is 248 g/mol. The van der Waals surface area contributed by atoms with Crippen molar-refractivity contribution in [2.45, 2.75) is 32.0 Å². The summed E-state index contributed by atoms with van der Waals surface area (Å²) in [6.07, 6.45) is 0.838. The first-order chi connectivity index (χ1) is 7.56. The van der Waals surface area contributed by atoms with Gasteiger partial charge in [0.05, 0.1) is 31.8 Å². The van der Waals surface area contributed by atoms with E-state index in [2.05, 4.69) is 0 Å². The van der Waals surface area contributed by atoms with E-state index in [0.29, 0.717) is 25.7 Å². The molecule has 2 rings (SSSR count). The van der Waals surface area contributed by atoms with Crippen molar-refractivity contribution in [3.63, 3.8) is 0 Å². The number of nitrogens with zero attached hydrogens (tertiary/aromatic N) is 1. The lowest BCUT2D eigenvalue weighted by Gasteiger charge is -2.29. The fraction of sp³-hybridized carbons (Fsp3) is 0.909. The Balaban J connectivity index is 1.94. The molecule has 0 N–H and O–H groups in total. The molecule has 0 spiro atoms. The first-order valence-electron chi connectivity index (χ1n) is 5.67. The molecule has 2 atom stereocenters. The van der Waals surface area contributed by atoms with Crippen LogP contribution in [0.1, 0.15) is 20.3 Å². The second-order valence-corrected chi connectivity index (χ2v) is 5.19. The van der Waals surface area contributed by atoms with E-state index >= 15 is 0 Å². The highest BCUT2D eigenvalue weighted by molar-refractivity contribution is 6.17. The molecule has 5 heteroatoms. The van der Waals surface area contributed by atoms with Gasteiger partial charge in [0.2, 0.25) is 5.91 Å². The van der Waals surface area contributed by atoms with Gasteiger partial charge in [-0.05, 0) is 20.3 Å². The summed E-state index contributed by atoms with van der Waals surface area (Å²) in [5, 5.41) is 0. The number of carbonyl (C=O) groups is 1. The van der Waals surface area contributed by atoms with Crippen LogP contribution in [0.5, 0.6) is 0 Å². The third-order valence-electron chi connectivity index (χ3n) is 3.26. The fourth-order valence-corrected chi connectivity index (χ4v) is 2.66. The predicted octanol–water partition coefficient (Wildman–Crippen LogP) is 1.23. The van der Waals surface area contributed by atoms with Crippen molar-refractivity contribution in [2.24, 2.45) is 5.92 Å². The van der Waals surface area contributed by atoms with Crippen molar-refractivity contribution in [1.82, 2.24) is 4.90 Å². The molecule has 92 valence electrons. The van der Waals surface area contributed by atoms with Gasteiger partial charge in [0.15, 0.2) is 0 Å². The van der Waals surface area contributed by atoms with Crippen LogP contribution >= 0.6 is 11.6 Å². The molecule has 0 aliphatic carbocycles. The van der Waals surface area contributed by atoms with Gasteiger partial charge in [-0.2, -0.15) is 0 Å². The predicted molar refractivity (Wildman–Crippen MR) is 60.3 cm³/mol. The van der Waals surface area contributed by atoms with Crippen molar-refractivity contribution < 1.29 is 14.3 Å². The Kier molecular flexibility index (Phi) is 3.42. The molecule has 0 saturated carbocycles. The second-order valence-electron chi connectivity index (χ2n) is 4.82. The van der Waals surface area contributed by atoms with E-state index in [9.17, 15) is 4.79 Å². The topological polar surface area (TPSA) is 38.8 Å². The minimum atomic E-state index is -0.455. The Morgan fingerprint density at radius 2 is 2.38 bits per heavy atom. The molecule has 2 aliphatic heterocycles. The maximum atomic E-state index is 12.1. The number of hydrogen-bond acceptors (Lipinski definition) is 3. The number of amides is 1. The maximum absolute atomic E-state index is 12.1. The largest absolute Gasteiger partial charge is 0.379 e. The van der Waals surface area contributed by atoms with E-state index in [0.717, 1.165) is 6.42 Å². The highest BCUT2D eigenvalue weighted by Crippen LogP contribution is 2.37. The van der Waals surface area contributed by atoms with Crippen molar-refractivity contribution in [3.8, 4) is 0 Å². The first kappa shape index (κ1) is 12.1. The van der Waals surface area contributed by atoms with Crippen molar-refractivity contribution >= 4 is 17.5 Å². The summed E-state index contributed by atoms with van der Waals surface area (Å²) in [5.41, 5.74) is -0.455.